The van der Waals surface area contributed by atoms with Gasteiger partial charge in [-0.15, -0.1) is 0 Å². The minimum absolute atomic E-state index is 0.0244. The normalized spacial score (nSPS) is 17.1. The summed E-state index contributed by atoms with van der Waals surface area (Å²) >= 11 is 5.64. The van der Waals surface area contributed by atoms with E-state index < -0.39 is 41.4 Å². The highest BCUT2D eigenvalue weighted by Crippen LogP contribution is 2.38. The molecule has 218 valence electrons. The zero-order chi connectivity index (χ0) is 29.6. The second kappa shape index (κ2) is 11.1. The topological polar surface area (TPSA) is 89.1 Å². The van der Waals surface area contributed by atoms with Gasteiger partial charge in [-0.05, 0) is 36.6 Å². The first-order valence-electron chi connectivity index (χ1n) is 13.0. The van der Waals surface area contributed by atoms with E-state index in [1.807, 2.05) is 15.5 Å². The van der Waals surface area contributed by atoms with Gasteiger partial charge in [0.1, 0.15) is 41.4 Å². The van der Waals surface area contributed by atoms with Crippen molar-refractivity contribution in [2.75, 3.05) is 13.2 Å². The minimum atomic E-state index is -4.80. The van der Waals surface area contributed by atoms with Gasteiger partial charge in [-0.3, -0.25) is 4.90 Å². The van der Waals surface area contributed by atoms with Crippen molar-refractivity contribution >= 4 is 22.6 Å². The zero-order valence-corrected chi connectivity index (χ0v) is 22.6. The van der Waals surface area contributed by atoms with Crippen LogP contribution in [0.3, 0.4) is 0 Å². The molecule has 1 fully saturated rings. The highest BCUT2D eigenvalue weighted by atomic mass is 35.5. The molecular weight excluding hydrogens is 583 g/mol. The third-order valence-electron chi connectivity index (χ3n) is 7.36. The lowest BCUT2D eigenvalue weighted by atomic mass is 10.0. The smallest absolute Gasteiger partial charge is 0.421 e. The summed E-state index contributed by atoms with van der Waals surface area (Å²) in [6, 6.07) is 6.32. The van der Waals surface area contributed by atoms with E-state index >= 15 is 0 Å². The molecule has 0 saturated carbocycles. The number of pyridine rings is 2. The minimum Gasteiger partial charge on any atom is -0.472 e. The Balaban J connectivity index is 1.27. The predicted molar refractivity (Wildman–Crippen MR) is 139 cm³/mol. The number of benzene rings is 1. The molecule has 0 amide bonds. The number of halogens is 6. The largest absolute Gasteiger partial charge is 0.472 e. The highest BCUT2D eigenvalue weighted by Gasteiger charge is 2.37. The quantitative estimate of drug-likeness (QED) is 0.255. The molecule has 2 aliphatic heterocycles. The molecule has 1 saturated heterocycles. The van der Waals surface area contributed by atoms with E-state index in [2.05, 4.69) is 9.97 Å². The van der Waals surface area contributed by atoms with Gasteiger partial charge in [0.25, 0.3) is 0 Å². The van der Waals surface area contributed by atoms with Crippen LogP contribution in [0.2, 0.25) is 5.02 Å². The number of rotatable bonds is 7. The fraction of sp³-hybridized carbons (Fsp3) is 0.357. The molecular formula is C28H22ClF5N6O2. The van der Waals surface area contributed by atoms with Crippen LogP contribution < -0.4 is 4.74 Å². The molecule has 1 atom stereocenters. The van der Waals surface area contributed by atoms with Crippen molar-refractivity contribution < 1.29 is 31.4 Å². The first-order chi connectivity index (χ1) is 20.1. The Morgan fingerprint density at radius 1 is 1.14 bits per heavy atom. The number of ether oxygens (including phenoxy) is 2. The predicted octanol–water partition coefficient (Wildman–Crippen LogP) is 5.57. The second-order valence-corrected chi connectivity index (χ2v) is 10.6. The van der Waals surface area contributed by atoms with E-state index in [9.17, 15) is 27.2 Å². The first kappa shape index (κ1) is 28.3. The van der Waals surface area contributed by atoms with Crippen molar-refractivity contribution in [1.82, 2.24) is 24.4 Å². The molecule has 5 heterocycles. The van der Waals surface area contributed by atoms with Gasteiger partial charge >= 0.3 is 6.18 Å². The lowest BCUT2D eigenvalue weighted by Crippen LogP contribution is -2.34. The third kappa shape index (κ3) is 5.62. The van der Waals surface area contributed by atoms with Crippen molar-refractivity contribution in [2.24, 2.45) is 0 Å². The Bertz CT molecular complexity index is 1690. The van der Waals surface area contributed by atoms with Crippen LogP contribution >= 0.6 is 11.6 Å². The number of fused-ring (bicyclic) bond motifs is 2. The fourth-order valence-electron chi connectivity index (χ4n) is 5.09. The molecule has 1 aromatic carbocycles. The summed E-state index contributed by atoms with van der Waals surface area (Å²) in [5.74, 6) is -2.14. The van der Waals surface area contributed by atoms with Crippen molar-refractivity contribution in [3.8, 4) is 11.9 Å². The average Bonchev–Trinajstić information content (AvgIpc) is 3.24. The number of hydrogen-bond donors (Lipinski definition) is 0. The summed E-state index contributed by atoms with van der Waals surface area (Å²) in [5, 5.41) is 9.06. The highest BCUT2D eigenvalue weighted by molar-refractivity contribution is 6.30. The van der Waals surface area contributed by atoms with Crippen molar-refractivity contribution in [1.29, 1.82) is 5.26 Å². The Hall–Kier alpha value is -3.86. The van der Waals surface area contributed by atoms with Crippen molar-refractivity contribution in [2.45, 2.75) is 51.4 Å². The number of nitrogens with zero attached hydrogens (tertiary/aromatic N) is 6. The number of alkyl halides is 3. The van der Waals surface area contributed by atoms with E-state index in [0.717, 1.165) is 30.1 Å². The molecule has 6 rings (SSSR count). The molecule has 0 aliphatic carbocycles. The van der Waals surface area contributed by atoms with E-state index in [1.165, 1.54) is 0 Å². The van der Waals surface area contributed by atoms with Gasteiger partial charge < -0.3 is 14.0 Å². The summed E-state index contributed by atoms with van der Waals surface area (Å²) < 4.78 is 83.1. The van der Waals surface area contributed by atoms with Gasteiger partial charge in [0, 0.05) is 30.8 Å². The molecule has 3 aromatic heterocycles. The van der Waals surface area contributed by atoms with Gasteiger partial charge in [-0.2, -0.15) is 18.4 Å². The molecule has 2 aliphatic rings. The van der Waals surface area contributed by atoms with Crippen LogP contribution in [0.1, 0.15) is 40.3 Å². The summed E-state index contributed by atoms with van der Waals surface area (Å²) in [6.45, 7) is 1.41. The molecule has 0 radical (unpaired) electrons. The Labute approximate surface area is 241 Å². The van der Waals surface area contributed by atoms with Gasteiger partial charge in [-0.1, -0.05) is 11.6 Å². The van der Waals surface area contributed by atoms with E-state index in [1.54, 1.807) is 12.3 Å². The molecule has 42 heavy (non-hydrogen) atoms. The average molecular weight is 605 g/mol. The maximum atomic E-state index is 14.2. The van der Waals surface area contributed by atoms with Crippen LogP contribution in [-0.2, 0) is 43.6 Å². The molecule has 0 N–H and O–H groups in total. The van der Waals surface area contributed by atoms with E-state index in [-0.39, 0.29) is 29.8 Å². The number of nitriles is 1. The van der Waals surface area contributed by atoms with Crippen LogP contribution in [0.5, 0.6) is 5.88 Å². The fourth-order valence-corrected chi connectivity index (χ4v) is 5.28. The molecule has 4 aromatic rings. The summed E-state index contributed by atoms with van der Waals surface area (Å²) in [5.41, 5.74) is 0.695. The van der Waals surface area contributed by atoms with E-state index in [4.69, 9.17) is 26.1 Å². The zero-order valence-electron chi connectivity index (χ0n) is 21.9. The molecule has 0 unspecified atom stereocenters. The third-order valence-corrected chi connectivity index (χ3v) is 7.58. The van der Waals surface area contributed by atoms with Gasteiger partial charge in [0.2, 0.25) is 5.88 Å². The van der Waals surface area contributed by atoms with Crippen molar-refractivity contribution in [3.05, 3.63) is 81.0 Å². The monoisotopic (exact) mass is 604 g/mol. The summed E-state index contributed by atoms with van der Waals surface area (Å²) in [4.78, 5) is 15.1. The van der Waals surface area contributed by atoms with Gasteiger partial charge in [0.15, 0.2) is 0 Å². The Morgan fingerprint density at radius 2 is 1.90 bits per heavy atom. The maximum Gasteiger partial charge on any atom is 0.421 e. The Morgan fingerprint density at radius 3 is 2.57 bits per heavy atom. The van der Waals surface area contributed by atoms with Gasteiger partial charge in [-0.25, -0.2) is 23.7 Å². The second-order valence-electron chi connectivity index (χ2n) is 10.1. The lowest BCUT2D eigenvalue weighted by molar-refractivity contribution is -0.139. The maximum absolute atomic E-state index is 14.2. The molecule has 14 heteroatoms. The molecule has 0 bridgehead atoms. The van der Waals surface area contributed by atoms with Crippen LogP contribution in [0, 0.1) is 23.0 Å². The van der Waals surface area contributed by atoms with Crippen LogP contribution in [0.25, 0.3) is 11.0 Å². The first-order valence-corrected chi connectivity index (χ1v) is 13.4. The number of imidazole rings is 1. The van der Waals surface area contributed by atoms with Crippen LogP contribution in [-0.4, -0.2) is 43.7 Å². The van der Waals surface area contributed by atoms with Crippen LogP contribution in [0.4, 0.5) is 22.0 Å². The Kier molecular flexibility index (Phi) is 7.46. The lowest BCUT2D eigenvalue weighted by Gasteiger charge is -2.30. The van der Waals surface area contributed by atoms with Crippen LogP contribution in [0.15, 0.2) is 30.5 Å². The van der Waals surface area contributed by atoms with Gasteiger partial charge in [0.05, 0.1) is 47.7 Å². The number of aromatic nitrogens is 4. The number of hydrogen-bond acceptors (Lipinski definition) is 7. The SMILES string of the molecule is N#Cc1cc2nc(CN3CCc4cc(C(F)(F)F)c(OCc5c(F)cc(Cl)cc5F)nc4C3)n(C[C@@H]3CCO3)c2cn1. The van der Waals surface area contributed by atoms with E-state index in [0.29, 0.717) is 48.8 Å². The standard InChI is InChI=1S/C28H22ClF5N6O2/c29-16-6-21(30)19(22(31)7-16)14-42-27-20(28(32,33)34)5-15-1-3-39(12-24(15)38-27)13-26-37-23-8-17(9-35)36-10-25(23)40(26)11-18-2-4-41-18/h5-8,10,18H,1-4,11-14H2/t18-/m0/s1. The summed E-state index contributed by atoms with van der Waals surface area (Å²) in [6.07, 6.45) is -1.98. The van der Waals surface area contributed by atoms with Crippen molar-refractivity contribution in [3.63, 3.8) is 0 Å². The summed E-state index contributed by atoms with van der Waals surface area (Å²) in [7, 11) is 0. The molecule has 8 nitrogen and oxygen atoms in total. The molecule has 0 spiro atoms.